The number of anilines is 1. The Balaban J connectivity index is 1.72. The maximum Gasteiger partial charge on any atom is 0.262 e. The van der Waals surface area contributed by atoms with Crippen LogP contribution in [-0.2, 0) is 4.79 Å². The van der Waals surface area contributed by atoms with Gasteiger partial charge in [0.2, 0.25) is 0 Å². The maximum atomic E-state index is 12.4. The normalized spacial score (nSPS) is 10.4. The number of amides is 1. The Morgan fingerprint density at radius 2 is 1.69 bits per heavy atom. The van der Waals surface area contributed by atoms with Gasteiger partial charge in [0.05, 0.1) is 4.47 Å². The molecule has 0 saturated carbocycles. The lowest BCUT2D eigenvalue weighted by molar-refractivity contribution is -0.118. The Kier molecular flexibility index (Phi) is 6.12. The molecule has 0 radical (unpaired) electrons. The molecular formula is C21H17Br2NO2. The van der Waals surface area contributed by atoms with Gasteiger partial charge in [-0.15, -0.1) is 0 Å². The zero-order valence-electron chi connectivity index (χ0n) is 14.1. The van der Waals surface area contributed by atoms with Crippen molar-refractivity contribution in [3.8, 4) is 16.9 Å². The van der Waals surface area contributed by atoms with E-state index in [4.69, 9.17) is 4.74 Å². The third kappa shape index (κ3) is 4.54. The highest BCUT2D eigenvalue weighted by atomic mass is 79.9. The first-order chi connectivity index (χ1) is 12.5. The lowest BCUT2D eigenvalue weighted by Gasteiger charge is -2.14. The predicted molar refractivity (Wildman–Crippen MR) is 113 cm³/mol. The molecule has 5 heteroatoms. The zero-order chi connectivity index (χ0) is 18.5. The van der Waals surface area contributed by atoms with E-state index in [9.17, 15) is 4.79 Å². The van der Waals surface area contributed by atoms with Gasteiger partial charge in [-0.25, -0.2) is 0 Å². The average Bonchev–Trinajstić information content (AvgIpc) is 2.62. The maximum absolute atomic E-state index is 12.4. The summed E-state index contributed by atoms with van der Waals surface area (Å²) in [7, 11) is 0. The van der Waals surface area contributed by atoms with Crippen molar-refractivity contribution in [2.45, 2.75) is 6.92 Å². The average molecular weight is 475 g/mol. The molecule has 0 aromatic heterocycles. The van der Waals surface area contributed by atoms with Gasteiger partial charge in [-0.3, -0.25) is 4.79 Å². The van der Waals surface area contributed by atoms with Gasteiger partial charge in [0.25, 0.3) is 5.91 Å². The number of para-hydroxylation sites is 1. The quantitative estimate of drug-likeness (QED) is 0.477. The van der Waals surface area contributed by atoms with Gasteiger partial charge in [0, 0.05) is 15.7 Å². The number of halogens is 2. The van der Waals surface area contributed by atoms with E-state index in [1.807, 2.05) is 73.7 Å². The predicted octanol–water partition coefficient (Wildman–Crippen LogP) is 6.20. The number of benzene rings is 3. The van der Waals surface area contributed by atoms with E-state index in [1.54, 1.807) is 0 Å². The van der Waals surface area contributed by atoms with E-state index in [2.05, 4.69) is 37.2 Å². The number of aryl methyl sites for hydroxylation is 1. The van der Waals surface area contributed by atoms with Crippen LogP contribution in [0.3, 0.4) is 0 Å². The van der Waals surface area contributed by atoms with Crippen LogP contribution >= 0.6 is 31.9 Å². The largest absolute Gasteiger partial charge is 0.482 e. The van der Waals surface area contributed by atoms with Crippen LogP contribution in [0.25, 0.3) is 11.1 Å². The number of carbonyl (C=O) groups excluding carboxylic acids is 1. The summed E-state index contributed by atoms with van der Waals surface area (Å²) in [5.41, 5.74) is 3.74. The summed E-state index contributed by atoms with van der Waals surface area (Å²) in [6.07, 6.45) is 0. The summed E-state index contributed by atoms with van der Waals surface area (Å²) in [5.74, 6) is 0.460. The number of carbonyl (C=O) groups is 1. The van der Waals surface area contributed by atoms with Gasteiger partial charge < -0.3 is 10.1 Å². The summed E-state index contributed by atoms with van der Waals surface area (Å²) in [6.45, 7) is 1.87. The Morgan fingerprint density at radius 1 is 1.00 bits per heavy atom. The molecule has 0 spiro atoms. The molecular weight excluding hydrogens is 458 g/mol. The third-order valence-electron chi connectivity index (χ3n) is 3.83. The van der Waals surface area contributed by atoms with Gasteiger partial charge in [-0.1, -0.05) is 64.5 Å². The van der Waals surface area contributed by atoms with Crippen LogP contribution in [0, 0.1) is 6.92 Å². The number of rotatable bonds is 5. The molecule has 0 fully saturated rings. The molecule has 0 aliphatic heterocycles. The summed E-state index contributed by atoms with van der Waals surface area (Å²) < 4.78 is 7.48. The summed E-state index contributed by atoms with van der Waals surface area (Å²) in [4.78, 5) is 12.4. The number of hydrogen-bond donors (Lipinski definition) is 1. The van der Waals surface area contributed by atoms with E-state index in [0.717, 1.165) is 31.3 Å². The molecule has 0 aliphatic rings. The molecule has 3 aromatic carbocycles. The number of nitrogens with one attached hydrogen (secondary N) is 1. The van der Waals surface area contributed by atoms with Crippen LogP contribution in [0.4, 0.5) is 5.69 Å². The lowest BCUT2D eigenvalue weighted by Crippen LogP contribution is -2.21. The van der Waals surface area contributed by atoms with Crippen LogP contribution in [0.1, 0.15) is 5.56 Å². The van der Waals surface area contributed by atoms with E-state index in [-0.39, 0.29) is 12.5 Å². The molecule has 26 heavy (non-hydrogen) atoms. The van der Waals surface area contributed by atoms with Gasteiger partial charge >= 0.3 is 0 Å². The molecule has 132 valence electrons. The molecule has 0 aliphatic carbocycles. The molecule has 0 atom stereocenters. The number of hydrogen-bond acceptors (Lipinski definition) is 2. The Labute approximate surface area is 169 Å². The SMILES string of the molecule is Cc1cc(Br)cc(Br)c1OCC(=O)Nc1ccccc1-c1ccccc1. The van der Waals surface area contributed by atoms with Crippen molar-refractivity contribution in [2.24, 2.45) is 0 Å². The molecule has 0 saturated heterocycles. The fraction of sp³-hybridized carbons (Fsp3) is 0.0952. The fourth-order valence-corrected chi connectivity index (χ4v) is 4.21. The van der Waals surface area contributed by atoms with Gasteiger partial charge in [0.15, 0.2) is 6.61 Å². The van der Waals surface area contributed by atoms with E-state index >= 15 is 0 Å². The second-order valence-corrected chi connectivity index (χ2v) is 7.55. The van der Waals surface area contributed by atoms with Crippen LogP contribution in [0.5, 0.6) is 5.75 Å². The van der Waals surface area contributed by atoms with E-state index in [0.29, 0.717) is 5.75 Å². The van der Waals surface area contributed by atoms with Crippen LogP contribution < -0.4 is 10.1 Å². The fourth-order valence-electron chi connectivity index (χ4n) is 2.66. The van der Waals surface area contributed by atoms with E-state index in [1.165, 1.54) is 0 Å². The van der Waals surface area contributed by atoms with Crippen molar-refractivity contribution >= 4 is 43.5 Å². The van der Waals surface area contributed by atoms with Crippen LogP contribution in [-0.4, -0.2) is 12.5 Å². The minimum Gasteiger partial charge on any atom is -0.482 e. The first-order valence-corrected chi connectivity index (χ1v) is 9.66. The second kappa shape index (κ2) is 8.52. The smallest absolute Gasteiger partial charge is 0.262 e. The molecule has 1 N–H and O–H groups in total. The van der Waals surface area contributed by atoms with Crippen molar-refractivity contribution in [1.82, 2.24) is 0 Å². The second-order valence-electron chi connectivity index (χ2n) is 5.78. The highest BCUT2D eigenvalue weighted by Gasteiger charge is 2.12. The van der Waals surface area contributed by atoms with Crippen LogP contribution in [0.2, 0.25) is 0 Å². The lowest BCUT2D eigenvalue weighted by atomic mass is 10.0. The summed E-state index contributed by atoms with van der Waals surface area (Å²) >= 11 is 6.91. The van der Waals surface area contributed by atoms with Crippen molar-refractivity contribution < 1.29 is 9.53 Å². The highest BCUT2D eigenvalue weighted by molar-refractivity contribution is 9.11. The zero-order valence-corrected chi connectivity index (χ0v) is 17.3. The Bertz CT molecular complexity index is 903. The Morgan fingerprint density at radius 3 is 2.42 bits per heavy atom. The van der Waals surface area contributed by atoms with Gasteiger partial charge in [-0.2, -0.15) is 0 Å². The molecule has 3 rings (SSSR count). The molecule has 0 bridgehead atoms. The molecule has 1 amide bonds. The number of ether oxygens (including phenoxy) is 1. The van der Waals surface area contributed by atoms with Crippen molar-refractivity contribution in [1.29, 1.82) is 0 Å². The van der Waals surface area contributed by atoms with E-state index < -0.39 is 0 Å². The summed E-state index contributed by atoms with van der Waals surface area (Å²) in [5, 5.41) is 2.94. The first kappa shape index (κ1) is 18.7. The standard InChI is InChI=1S/C21H17Br2NO2/c1-14-11-16(22)12-18(23)21(14)26-13-20(25)24-19-10-6-5-9-17(19)15-7-3-2-4-8-15/h2-12H,13H2,1H3,(H,24,25). The van der Waals surface area contributed by atoms with Crippen LogP contribution in [0.15, 0.2) is 75.7 Å². The minimum absolute atomic E-state index is 0.0653. The molecule has 0 unspecified atom stereocenters. The third-order valence-corrected chi connectivity index (χ3v) is 4.87. The monoisotopic (exact) mass is 473 g/mol. The Hall–Kier alpha value is -2.11. The summed E-state index contributed by atoms with van der Waals surface area (Å²) in [6, 6.07) is 21.5. The van der Waals surface area contributed by atoms with Crippen molar-refractivity contribution in [3.63, 3.8) is 0 Å². The molecule has 3 nitrogen and oxygen atoms in total. The molecule has 0 heterocycles. The van der Waals surface area contributed by atoms with Crippen molar-refractivity contribution in [3.05, 3.63) is 81.2 Å². The first-order valence-electron chi connectivity index (χ1n) is 8.07. The minimum atomic E-state index is -0.206. The van der Waals surface area contributed by atoms with Crippen molar-refractivity contribution in [2.75, 3.05) is 11.9 Å². The van der Waals surface area contributed by atoms with Gasteiger partial charge in [0.1, 0.15) is 5.75 Å². The van der Waals surface area contributed by atoms with Gasteiger partial charge in [-0.05, 0) is 52.2 Å². The molecule has 3 aromatic rings. The topological polar surface area (TPSA) is 38.3 Å². The highest BCUT2D eigenvalue weighted by Crippen LogP contribution is 2.32.